The molecule has 0 saturated heterocycles. The first-order valence-corrected chi connectivity index (χ1v) is 5.31. The van der Waals surface area contributed by atoms with E-state index in [1.807, 2.05) is 0 Å². The van der Waals surface area contributed by atoms with Crippen LogP contribution < -0.4 is 11.1 Å². The third-order valence-electron chi connectivity index (χ3n) is 2.18. The summed E-state index contributed by atoms with van der Waals surface area (Å²) in [6.45, 7) is 0. The summed E-state index contributed by atoms with van der Waals surface area (Å²) in [5, 5.41) is 3.19. The maximum atomic E-state index is 11.9. The minimum absolute atomic E-state index is 0.285. The van der Waals surface area contributed by atoms with Crippen molar-refractivity contribution >= 4 is 28.9 Å². The number of halogens is 1. The van der Waals surface area contributed by atoms with Crippen molar-refractivity contribution in [3.05, 3.63) is 53.3 Å². The fraction of sp³-hybridized carbons (Fsp3) is 0. The quantitative estimate of drug-likeness (QED) is 0.802. The Morgan fingerprint density at radius 2 is 2.18 bits per heavy atom. The van der Waals surface area contributed by atoms with Crippen LogP contribution in [0.4, 0.5) is 11.4 Å². The van der Waals surface area contributed by atoms with E-state index in [0.29, 0.717) is 22.0 Å². The molecule has 0 aliphatic rings. The fourth-order valence-electron chi connectivity index (χ4n) is 1.38. The fourth-order valence-corrected chi connectivity index (χ4v) is 1.56. The number of amides is 1. The molecule has 5 heteroatoms. The first-order chi connectivity index (χ1) is 8.16. The van der Waals surface area contributed by atoms with Crippen LogP contribution in [0.15, 0.2) is 42.7 Å². The van der Waals surface area contributed by atoms with Crippen LogP contribution in [0.25, 0.3) is 0 Å². The molecule has 17 heavy (non-hydrogen) atoms. The topological polar surface area (TPSA) is 68.0 Å². The molecule has 0 atom stereocenters. The van der Waals surface area contributed by atoms with Gasteiger partial charge in [-0.05, 0) is 30.3 Å². The number of carbonyl (C=O) groups is 1. The molecular weight excluding hydrogens is 238 g/mol. The molecule has 0 saturated carbocycles. The molecule has 4 nitrogen and oxygen atoms in total. The van der Waals surface area contributed by atoms with Crippen molar-refractivity contribution < 1.29 is 4.79 Å². The molecule has 0 aliphatic carbocycles. The van der Waals surface area contributed by atoms with Gasteiger partial charge in [0.15, 0.2) is 0 Å². The molecule has 3 N–H and O–H groups in total. The summed E-state index contributed by atoms with van der Waals surface area (Å²) >= 11 is 5.76. The first-order valence-electron chi connectivity index (χ1n) is 4.93. The average molecular weight is 248 g/mol. The molecule has 0 bridgehead atoms. The number of rotatable bonds is 2. The van der Waals surface area contributed by atoms with Gasteiger partial charge in [-0.3, -0.25) is 9.78 Å². The first kappa shape index (κ1) is 11.4. The Labute approximate surface area is 103 Å². The van der Waals surface area contributed by atoms with Gasteiger partial charge in [-0.25, -0.2) is 0 Å². The van der Waals surface area contributed by atoms with Crippen LogP contribution in [0.1, 0.15) is 10.4 Å². The highest BCUT2D eigenvalue weighted by molar-refractivity contribution is 6.31. The molecule has 0 fully saturated rings. The number of nitrogens with one attached hydrogen (secondary N) is 1. The zero-order valence-corrected chi connectivity index (χ0v) is 9.61. The molecule has 2 aromatic rings. The number of nitrogens with two attached hydrogens (primary N) is 1. The molecular formula is C12H10ClN3O. The Balaban J connectivity index is 2.21. The Bertz CT molecular complexity index is 543. The Morgan fingerprint density at radius 1 is 1.35 bits per heavy atom. The number of pyridine rings is 1. The Kier molecular flexibility index (Phi) is 3.25. The monoisotopic (exact) mass is 247 g/mol. The number of nitrogen functional groups attached to an aromatic ring is 1. The van der Waals surface area contributed by atoms with Gasteiger partial charge in [0.2, 0.25) is 0 Å². The molecule has 0 aliphatic heterocycles. The molecule has 1 aromatic carbocycles. The molecule has 2 rings (SSSR count). The number of benzene rings is 1. The van der Waals surface area contributed by atoms with E-state index in [0.717, 1.165) is 0 Å². The standard InChI is InChI=1S/C12H10ClN3O/c13-8-3-4-10(11(14)6-8)12(17)16-9-2-1-5-15-7-9/h1-7H,14H2,(H,16,17). The summed E-state index contributed by atoms with van der Waals surface area (Å²) in [7, 11) is 0. The lowest BCUT2D eigenvalue weighted by molar-refractivity contribution is 0.102. The van der Waals surface area contributed by atoms with E-state index in [9.17, 15) is 4.79 Å². The zero-order chi connectivity index (χ0) is 12.3. The van der Waals surface area contributed by atoms with Gasteiger partial charge in [-0.2, -0.15) is 0 Å². The van der Waals surface area contributed by atoms with Crippen LogP contribution in [-0.2, 0) is 0 Å². The van der Waals surface area contributed by atoms with Gasteiger partial charge in [-0.15, -0.1) is 0 Å². The van der Waals surface area contributed by atoms with E-state index in [-0.39, 0.29) is 5.91 Å². The van der Waals surface area contributed by atoms with Gasteiger partial charge >= 0.3 is 0 Å². The summed E-state index contributed by atoms with van der Waals surface area (Å²) in [6.07, 6.45) is 3.19. The summed E-state index contributed by atoms with van der Waals surface area (Å²) in [4.78, 5) is 15.8. The molecule has 0 radical (unpaired) electrons. The minimum Gasteiger partial charge on any atom is -0.398 e. The van der Waals surface area contributed by atoms with Crippen LogP contribution in [0, 0.1) is 0 Å². The van der Waals surface area contributed by atoms with E-state index in [1.165, 1.54) is 0 Å². The lowest BCUT2D eigenvalue weighted by atomic mass is 10.1. The Hall–Kier alpha value is -2.07. The predicted octanol–water partition coefficient (Wildman–Crippen LogP) is 2.57. The SMILES string of the molecule is Nc1cc(Cl)ccc1C(=O)Nc1cccnc1. The van der Waals surface area contributed by atoms with Crippen molar-refractivity contribution in [1.29, 1.82) is 0 Å². The normalized spacial score (nSPS) is 9.94. The molecule has 1 heterocycles. The maximum Gasteiger partial charge on any atom is 0.257 e. The van der Waals surface area contributed by atoms with Crippen molar-refractivity contribution in [2.75, 3.05) is 11.1 Å². The van der Waals surface area contributed by atoms with Crippen LogP contribution in [0.5, 0.6) is 0 Å². The molecule has 1 aromatic heterocycles. The third kappa shape index (κ3) is 2.73. The second kappa shape index (κ2) is 4.84. The highest BCUT2D eigenvalue weighted by Gasteiger charge is 2.09. The van der Waals surface area contributed by atoms with Crippen LogP contribution in [0.2, 0.25) is 5.02 Å². The average Bonchev–Trinajstić information content (AvgIpc) is 2.30. The van der Waals surface area contributed by atoms with Gasteiger partial charge in [0, 0.05) is 16.9 Å². The van der Waals surface area contributed by atoms with E-state index in [1.54, 1.807) is 42.7 Å². The lowest BCUT2D eigenvalue weighted by Gasteiger charge is -2.07. The molecule has 1 amide bonds. The summed E-state index contributed by atoms with van der Waals surface area (Å²) in [5.74, 6) is -0.285. The number of nitrogens with zero attached hydrogens (tertiary/aromatic N) is 1. The predicted molar refractivity (Wildman–Crippen MR) is 68.1 cm³/mol. The van der Waals surface area contributed by atoms with E-state index >= 15 is 0 Å². The number of anilines is 2. The maximum absolute atomic E-state index is 11.9. The second-order valence-electron chi connectivity index (χ2n) is 3.43. The minimum atomic E-state index is -0.285. The van der Waals surface area contributed by atoms with Crippen molar-refractivity contribution in [3.8, 4) is 0 Å². The number of hydrogen-bond acceptors (Lipinski definition) is 3. The second-order valence-corrected chi connectivity index (χ2v) is 3.86. The number of carbonyl (C=O) groups excluding carboxylic acids is 1. The lowest BCUT2D eigenvalue weighted by Crippen LogP contribution is -2.14. The molecule has 0 unspecified atom stereocenters. The number of aromatic nitrogens is 1. The molecule has 86 valence electrons. The summed E-state index contributed by atoms with van der Waals surface area (Å²) in [6, 6.07) is 8.23. The van der Waals surface area contributed by atoms with E-state index < -0.39 is 0 Å². The van der Waals surface area contributed by atoms with Crippen LogP contribution in [0.3, 0.4) is 0 Å². The zero-order valence-electron chi connectivity index (χ0n) is 8.85. The number of hydrogen-bond donors (Lipinski definition) is 2. The summed E-state index contributed by atoms with van der Waals surface area (Å²) in [5.41, 5.74) is 7.07. The van der Waals surface area contributed by atoms with Gasteiger partial charge in [0.05, 0.1) is 17.4 Å². The van der Waals surface area contributed by atoms with Crippen molar-refractivity contribution in [2.24, 2.45) is 0 Å². The highest BCUT2D eigenvalue weighted by atomic mass is 35.5. The van der Waals surface area contributed by atoms with E-state index in [2.05, 4.69) is 10.3 Å². The third-order valence-corrected chi connectivity index (χ3v) is 2.41. The Morgan fingerprint density at radius 3 is 2.82 bits per heavy atom. The van der Waals surface area contributed by atoms with Gasteiger partial charge in [0.25, 0.3) is 5.91 Å². The smallest absolute Gasteiger partial charge is 0.257 e. The summed E-state index contributed by atoms with van der Waals surface area (Å²) < 4.78 is 0. The van der Waals surface area contributed by atoms with Crippen LogP contribution in [-0.4, -0.2) is 10.9 Å². The molecule has 0 spiro atoms. The highest BCUT2D eigenvalue weighted by Crippen LogP contribution is 2.19. The van der Waals surface area contributed by atoms with Gasteiger partial charge < -0.3 is 11.1 Å². The van der Waals surface area contributed by atoms with Crippen molar-refractivity contribution in [3.63, 3.8) is 0 Å². The van der Waals surface area contributed by atoms with Gasteiger partial charge in [0.1, 0.15) is 0 Å². The largest absolute Gasteiger partial charge is 0.398 e. The van der Waals surface area contributed by atoms with E-state index in [4.69, 9.17) is 17.3 Å². The van der Waals surface area contributed by atoms with Gasteiger partial charge in [-0.1, -0.05) is 11.6 Å². The van der Waals surface area contributed by atoms with Crippen molar-refractivity contribution in [1.82, 2.24) is 4.98 Å². The van der Waals surface area contributed by atoms with Crippen LogP contribution >= 0.6 is 11.6 Å². The van der Waals surface area contributed by atoms with Crippen molar-refractivity contribution in [2.45, 2.75) is 0 Å².